The van der Waals surface area contributed by atoms with E-state index in [1.165, 1.54) is 0 Å². The van der Waals surface area contributed by atoms with Crippen molar-refractivity contribution in [2.45, 2.75) is 20.1 Å². The summed E-state index contributed by atoms with van der Waals surface area (Å²) in [5.74, 6) is 0.890. The van der Waals surface area contributed by atoms with Gasteiger partial charge in [-0.3, -0.25) is 0 Å². The fourth-order valence-corrected chi connectivity index (χ4v) is 2.41. The second kappa shape index (κ2) is 7.16. The predicted octanol–water partition coefficient (Wildman–Crippen LogP) is 4.18. The Labute approximate surface area is 137 Å². The molecule has 1 aromatic heterocycles. The fraction of sp³-hybridized carbons (Fsp3) is 0.235. The quantitative estimate of drug-likeness (QED) is 0.681. The van der Waals surface area contributed by atoms with E-state index in [0.29, 0.717) is 23.9 Å². The van der Waals surface area contributed by atoms with E-state index in [1.807, 2.05) is 24.3 Å². The molecule has 0 radical (unpaired) electrons. The van der Waals surface area contributed by atoms with Crippen molar-refractivity contribution in [2.24, 2.45) is 0 Å². The number of nitrogens with zero attached hydrogens (tertiary/aromatic N) is 1. The number of rotatable bonds is 7. The number of anilines is 1. The van der Waals surface area contributed by atoms with Gasteiger partial charge in [0.2, 0.25) is 5.95 Å². The Morgan fingerprint density at radius 1 is 1.17 bits per heavy atom. The van der Waals surface area contributed by atoms with Gasteiger partial charge in [-0.1, -0.05) is 24.3 Å². The van der Waals surface area contributed by atoms with Gasteiger partial charge in [0.25, 0.3) is 0 Å². The highest BCUT2D eigenvalue weighted by molar-refractivity contribution is 5.77. The minimum atomic E-state index is -2.92. The first kappa shape index (κ1) is 16.0. The van der Waals surface area contributed by atoms with Crippen LogP contribution in [0.15, 0.2) is 42.5 Å². The van der Waals surface area contributed by atoms with Gasteiger partial charge < -0.3 is 19.8 Å². The number of hydrogen-bond acceptors (Lipinski definition) is 4. The highest BCUT2D eigenvalue weighted by Gasteiger charge is 2.16. The molecule has 24 heavy (non-hydrogen) atoms. The zero-order chi connectivity index (χ0) is 16.9. The SMILES string of the molecule is CCOc1cccc(CNc2nc3ccccc3[nH]2)c1OC(F)F. The maximum atomic E-state index is 12.7. The molecule has 5 nitrogen and oxygen atoms in total. The molecule has 0 saturated heterocycles. The number of hydrogen-bond donors (Lipinski definition) is 2. The largest absolute Gasteiger partial charge is 0.490 e. The summed E-state index contributed by atoms with van der Waals surface area (Å²) < 4.78 is 35.4. The lowest BCUT2D eigenvalue weighted by Crippen LogP contribution is -2.09. The first-order valence-electron chi connectivity index (χ1n) is 7.55. The molecule has 7 heteroatoms. The number of para-hydroxylation sites is 3. The van der Waals surface area contributed by atoms with Crippen molar-refractivity contribution in [3.05, 3.63) is 48.0 Å². The third-order valence-electron chi connectivity index (χ3n) is 3.40. The van der Waals surface area contributed by atoms with Crippen LogP contribution in [0.3, 0.4) is 0 Å². The highest BCUT2D eigenvalue weighted by atomic mass is 19.3. The number of nitrogens with one attached hydrogen (secondary N) is 2. The van der Waals surface area contributed by atoms with Gasteiger partial charge >= 0.3 is 6.61 Å². The van der Waals surface area contributed by atoms with Crippen molar-refractivity contribution in [3.63, 3.8) is 0 Å². The first-order valence-corrected chi connectivity index (χ1v) is 7.55. The van der Waals surface area contributed by atoms with Gasteiger partial charge in [0, 0.05) is 12.1 Å². The number of benzene rings is 2. The van der Waals surface area contributed by atoms with E-state index < -0.39 is 6.61 Å². The van der Waals surface area contributed by atoms with E-state index in [-0.39, 0.29) is 12.3 Å². The van der Waals surface area contributed by atoms with Crippen molar-refractivity contribution in [1.82, 2.24) is 9.97 Å². The number of aromatic nitrogens is 2. The van der Waals surface area contributed by atoms with Crippen LogP contribution >= 0.6 is 0 Å². The highest BCUT2D eigenvalue weighted by Crippen LogP contribution is 2.33. The van der Waals surface area contributed by atoms with E-state index in [2.05, 4.69) is 20.0 Å². The second-order valence-corrected chi connectivity index (χ2v) is 5.01. The molecule has 0 amide bonds. The van der Waals surface area contributed by atoms with E-state index in [4.69, 9.17) is 4.74 Å². The van der Waals surface area contributed by atoms with Crippen molar-refractivity contribution in [3.8, 4) is 11.5 Å². The van der Waals surface area contributed by atoms with Crippen molar-refractivity contribution in [1.29, 1.82) is 0 Å². The van der Waals surface area contributed by atoms with Crippen LogP contribution in [0.5, 0.6) is 11.5 Å². The summed E-state index contributed by atoms with van der Waals surface area (Å²) in [7, 11) is 0. The Balaban J connectivity index is 1.81. The average Bonchev–Trinajstić information content (AvgIpc) is 2.98. The van der Waals surface area contributed by atoms with Crippen molar-refractivity contribution in [2.75, 3.05) is 11.9 Å². The number of alkyl halides is 2. The molecule has 0 spiro atoms. The average molecular weight is 333 g/mol. The van der Waals surface area contributed by atoms with E-state index in [1.54, 1.807) is 25.1 Å². The lowest BCUT2D eigenvalue weighted by Gasteiger charge is -2.15. The van der Waals surface area contributed by atoms with Crippen LogP contribution in [-0.2, 0) is 6.54 Å². The molecule has 0 saturated carbocycles. The van der Waals surface area contributed by atoms with Gasteiger partial charge in [0.05, 0.1) is 17.6 Å². The van der Waals surface area contributed by atoms with Gasteiger partial charge in [-0.2, -0.15) is 8.78 Å². The Hall–Kier alpha value is -2.83. The van der Waals surface area contributed by atoms with Gasteiger partial charge in [-0.15, -0.1) is 0 Å². The molecule has 0 aliphatic heterocycles. The van der Waals surface area contributed by atoms with Crippen molar-refractivity contribution >= 4 is 17.0 Å². The minimum Gasteiger partial charge on any atom is -0.490 e. The molecule has 2 N–H and O–H groups in total. The molecule has 0 bridgehead atoms. The molecule has 126 valence electrons. The molecule has 0 aliphatic carbocycles. The van der Waals surface area contributed by atoms with Crippen LogP contribution in [0.2, 0.25) is 0 Å². The minimum absolute atomic E-state index is 0.0398. The van der Waals surface area contributed by atoms with Gasteiger partial charge in [0.15, 0.2) is 11.5 Å². The topological polar surface area (TPSA) is 59.2 Å². The summed E-state index contributed by atoms with van der Waals surface area (Å²) in [6, 6.07) is 12.6. The monoisotopic (exact) mass is 333 g/mol. The number of fused-ring (bicyclic) bond motifs is 1. The zero-order valence-corrected chi connectivity index (χ0v) is 13.1. The number of halogens is 2. The lowest BCUT2D eigenvalue weighted by atomic mass is 10.2. The summed E-state index contributed by atoms with van der Waals surface area (Å²) in [5, 5.41) is 3.09. The number of aromatic amines is 1. The summed E-state index contributed by atoms with van der Waals surface area (Å²) in [6.07, 6.45) is 0. The third-order valence-corrected chi connectivity index (χ3v) is 3.40. The Morgan fingerprint density at radius 2 is 2.00 bits per heavy atom. The maximum Gasteiger partial charge on any atom is 0.387 e. The third kappa shape index (κ3) is 3.56. The number of H-pyrrole nitrogens is 1. The summed E-state index contributed by atoms with van der Waals surface area (Å²) in [6.45, 7) is -0.509. The Bertz CT molecular complexity index is 787. The van der Waals surface area contributed by atoms with E-state index in [9.17, 15) is 8.78 Å². The standard InChI is InChI=1S/C17H17F2N3O2/c1-2-23-14-9-5-6-11(15(14)24-16(18)19)10-20-17-21-12-7-3-4-8-13(12)22-17/h3-9,16H,2,10H2,1H3,(H2,20,21,22). The smallest absolute Gasteiger partial charge is 0.387 e. The fourth-order valence-electron chi connectivity index (χ4n) is 2.41. The molecule has 0 aliphatic rings. The summed E-state index contributed by atoms with van der Waals surface area (Å²) in [5.41, 5.74) is 2.28. The molecule has 1 heterocycles. The molecule has 3 aromatic rings. The number of ether oxygens (including phenoxy) is 2. The summed E-state index contributed by atoms with van der Waals surface area (Å²) >= 11 is 0. The van der Waals surface area contributed by atoms with Gasteiger partial charge in [-0.05, 0) is 25.1 Å². The molecular formula is C17H17F2N3O2. The van der Waals surface area contributed by atoms with Gasteiger partial charge in [-0.25, -0.2) is 4.98 Å². The molecular weight excluding hydrogens is 316 g/mol. The summed E-state index contributed by atoms with van der Waals surface area (Å²) in [4.78, 5) is 7.51. The Morgan fingerprint density at radius 3 is 2.75 bits per heavy atom. The lowest BCUT2D eigenvalue weighted by molar-refractivity contribution is -0.0520. The van der Waals surface area contributed by atoms with Crippen LogP contribution in [0.1, 0.15) is 12.5 Å². The predicted molar refractivity (Wildman–Crippen MR) is 87.7 cm³/mol. The number of imidazole rings is 1. The molecule has 3 rings (SSSR count). The van der Waals surface area contributed by atoms with E-state index >= 15 is 0 Å². The molecule has 0 fully saturated rings. The first-order chi connectivity index (χ1) is 11.7. The molecule has 2 aromatic carbocycles. The van der Waals surface area contributed by atoms with Crippen LogP contribution in [0.25, 0.3) is 11.0 Å². The van der Waals surface area contributed by atoms with E-state index in [0.717, 1.165) is 11.0 Å². The van der Waals surface area contributed by atoms with Gasteiger partial charge in [0.1, 0.15) is 0 Å². The van der Waals surface area contributed by atoms with Crippen molar-refractivity contribution < 1.29 is 18.3 Å². The van der Waals surface area contributed by atoms with Crippen LogP contribution in [-0.4, -0.2) is 23.2 Å². The Kier molecular flexibility index (Phi) is 4.79. The zero-order valence-electron chi connectivity index (χ0n) is 13.1. The normalized spacial score (nSPS) is 11.0. The van der Waals surface area contributed by atoms with Crippen LogP contribution in [0, 0.1) is 0 Å². The maximum absolute atomic E-state index is 12.7. The molecule has 0 unspecified atom stereocenters. The second-order valence-electron chi connectivity index (χ2n) is 5.01. The van der Waals surface area contributed by atoms with Crippen LogP contribution in [0.4, 0.5) is 14.7 Å². The van der Waals surface area contributed by atoms with Crippen LogP contribution < -0.4 is 14.8 Å². The molecule has 0 atom stereocenters.